The van der Waals surface area contributed by atoms with Crippen LogP contribution in [-0.4, -0.2) is 15.5 Å². The zero-order chi connectivity index (χ0) is 20.6. The summed E-state index contributed by atoms with van der Waals surface area (Å²) in [7, 11) is 0. The molecule has 28 heavy (non-hydrogen) atoms. The van der Waals surface area contributed by atoms with Crippen LogP contribution in [0.15, 0.2) is 46.1 Å². The van der Waals surface area contributed by atoms with Gasteiger partial charge >= 0.3 is 5.69 Å². The summed E-state index contributed by atoms with van der Waals surface area (Å²) in [6.07, 6.45) is 1.06. The number of carbonyl (C=O) groups excluding carboxylic acids is 1. The molecule has 0 aliphatic carbocycles. The number of aryl methyl sites for hydroxylation is 3. The molecule has 144 valence electrons. The van der Waals surface area contributed by atoms with Gasteiger partial charge in [0, 0.05) is 11.9 Å². The SMILES string of the molecule is Cc1cc(C)c(NC(=O)c2c[nH]c(=O)n(-c3ccc(F)c(Cl)c3)c2=O)c(C)c1. The van der Waals surface area contributed by atoms with Gasteiger partial charge in [0.2, 0.25) is 0 Å². The Balaban J connectivity index is 2.07. The summed E-state index contributed by atoms with van der Waals surface area (Å²) in [5.74, 6) is -1.35. The number of amides is 1. The third kappa shape index (κ3) is 3.61. The Morgan fingerprint density at radius 2 is 1.75 bits per heavy atom. The summed E-state index contributed by atoms with van der Waals surface area (Å²) in [4.78, 5) is 40.0. The molecule has 0 aliphatic heterocycles. The summed E-state index contributed by atoms with van der Waals surface area (Å²) in [5.41, 5.74) is 1.51. The van der Waals surface area contributed by atoms with Gasteiger partial charge in [0.25, 0.3) is 11.5 Å². The third-order valence-corrected chi connectivity index (χ3v) is 4.59. The molecule has 3 rings (SSSR count). The monoisotopic (exact) mass is 401 g/mol. The van der Waals surface area contributed by atoms with Gasteiger partial charge in [-0.25, -0.2) is 13.8 Å². The molecule has 0 atom stereocenters. The number of rotatable bonds is 3. The smallest absolute Gasteiger partial charge is 0.321 e. The van der Waals surface area contributed by atoms with Crippen molar-refractivity contribution in [3.63, 3.8) is 0 Å². The molecular weight excluding hydrogens is 385 g/mol. The normalized spacial score (nSPS) is 10.8. The van der Waals surface area contributed by atoms with Gasteiger partial charge in [-0.1, -0.05) is 29.3 Å². The summed E-state index contributed by atoms with van der Waals surface area (Å²) in [6.45, 7) is 5.64. The van der Waals surface area contributed by atoms with Crippen molar-refractivity contribution >= 4 is 23.2 Å². The molecule has 0 saturated heterocycles. The summed E-state index contributed by atoms with van der Waals surface area (Å²) >= 11 is 5.74. The van der Waals surface area contributed by atoms with Crippen LogP contribution in [-0.2, 0) is 0 Å². The van der Waals surface area contributed by atoms with Crippen molar-refractivity contribution in [3.05, 3.63) is 90.5 Å². The van der Waals surface area contributed by atoms with Crippen LogP contribution in [0.3, 0.4) is 0 Å². The molecule has 0 fully saturated rings. The zero-order valence-electron chi connectivity index (χ0n) is 15.4. The van der Waals surface area contributed by atoms with Crippen LogP contribution in [0.25, 0.3) is 5.69 Å². The van der Waals surface area contributed by atoms with E-state index < -0.39 is 23.0 Å². The Hall–Kier alpha value is -3.19. The Bertz CT molecular complexity index is 1190. The number of hydrogen-bond acceptors (Lipinski definition) is 3. The van der Waals surface area contributed by atoms with E-state index in [1.165, 1.54) is 6.07 Å². The van der Waals surface area contributed by atoms with Crippen LogP contribution < -0.4 is 16.6 Å². The standard InChI is InChI=1S/C20H17ClFN3O3/c1-10-6-11(2)17(12(3)7-10)24-18(26)14-9-23-20(28)25(19(14)27)13-4-5-16(22)15(21)8-13/h4-9H,1-3H3,(H,23,28)(H,24,26). The molecule has 0 spiro atoms. The highest BCUT2D eigenvalue weighted by Gasteiger charge is 2.18. The predicted octanol–water partition coefficient (Wildman–Crippen LogP) is 3.50. The maximum Gasteiger partial charge on any atom is 0.333 e. The van der Waals surface area contributed by atoms with E-state index >= 15 is 0 Å². The van der Waals surface area contributed by atoms with E-state index in [0.29, 0.717) is 5.69 Å². The Morgan fingerprint density at radius 1 is 1.11 bits per heavy atom. The van der Waals surface area contributed by atoms with E-state index in [9.17, 15) is 18.8 Å². The number of anilines is 1. The Morgan fingerprint density at radius 3 is 2.36 bits per heavy atom. The van der Waals surface area contributed by atoms with Gasteiger partial charge in [0.05, 0.1) is 10.7 Å². The van der Waals surface area contributed by atoms with Crippen LogP contribution in [0.4, 0.5) is 10.1 Å². The van der Waals surface area contributed by atoms with Gasteiger partial charge in [-0.3, -0.25) is 9.59 Å². The Kier molecular flexibility index (Phi) is 5.20. The average molecular weight is 402 g/mol. The molecule has 0 bridgehead atoms. The maximum absolute atomic E-state index is 13.4. The van der Waals surface area contributed by atoms with E-state index in [-0.39, 0.29) is 16.3 Å². The van der Waals surface area contributed by atoms with Crippen molar-refractivity contribution in [3.8, 4) is 5.69 Å². The summed E-state index contributed by atoms with van der Waals surface area (Å²) < 4.78 is 14.1. The van der Waals surface area contributed by atoms with E-state index in [1.54, 1.807) is 0 Å². The van der Waals surface area contributed by atoms with E-state index in [2.05, 4.69) is 10.3 Å². The molecule has 1 aromatic heterocycles. The van der Waals surface area contributed by atoms with E-state index in [4.69, 9.17) is 11.6 Å². The molecule has 0 unspecified atom stereocenters. The van der Waals surface area contributed by atoms with Crippen molar-refractivity contribution < 1.29 is 9.18 Å². The van der Waals surface area contributed by atoms with Gasteiger partial charge in [-0.05, 0) is 50.1 Å². The predicted molar refractivity (Wildman–Crippen MR) is 106 cm³/mol. The molecule has 2 aromatic carbocycles. The van der Waals surface area contributed by atoms with E-state index in [0.717, 1.165) is 39.6 Å². The maximum atomic E-state index is 13.4. The van der Waals surface area contributed by atoms with Crippen molar-refractivity contribution in [1.82, 2.24) is 9.55 Å². The topological polar surface area (TPSA) is 84.0 Å². The van der Waals surface area contributed by atoms with Crippen LogP contribution in [0.2, 0.25) is 5.02 Å². The Labute approximate surface area is 164 Å². The molecule has 8 heteroatoms. The highest BCUT2D eigenvalue weighted by molar-refractivity contribution is 6.30. The first-order chi connectivity index (χ1) is 13.2. The fourth-order valence-electron chi connectivity index (χ4n) is 3.05. The zero-order valence-corrected chi connectivity index (χ0v) is 16.1. The number of nitrogens with one attached hydrogen (secondary N) is 2. The van der Waals surface area contributed by atoms with Gasteiger partial charge in [-0.15, -0.1) is 0 Å². The van der Waals surface area contributed by atoms with Crippen LogP contribution in [0.1, 0.15) is 27.0 Å². The minimum Gasteiger partial charge on any atom is -0.321 e. The summed E-state index contributed by atoms with van der Waals surface area (Å²) in [6, 6.07) is 7.23. The first kappa shape index (κ1) is 19.6. The minimum atomic E-state index is -0.841. The number of nitrogens with zero attached hydrogens (tertiary/aromatic N) is 1. The lowest BCUT2D eigenvalue weighted by molar-refractivity contribution is 0.102. The fraction of sp³-hybridized carbons (Fsp3) is 0.150. The minimum absolute atomic E-state index is 0.0509. The highest BCUT2D eigenvalue weighted by Crippen LogP contribution is 2.22. The molecule has 2 N–H and O–H groups in total. The molecule has 1 heterocycles. The number of H-pyrrole nitrogens is 1. The molecule has 0 aliphatic rings. The average Bonchev–Trinajstić information content (AvgIpc) is 2.61. The van der Waals surface area contributed by atoms with Crippen molar-refractivity contribution in [2.24, 2.45) is 0 Å². The van der Waals surface area contributed by atoms with Crippen molar-refractivity contribution in [2.45, 2.75) is 20.8 Å². The van der Waals surface area contributed by atoms with Crippen LogP contribution in [0.5, 0.6) is 0 Å². The molecule has 3 aromatic rings. The van der Waals surface area contributed by atoms with Crippen molar-refractivity contribution in [2.75, 3.05) is 5.32 Å². The first-order valence-electron chi connectivity index (χ1n) is 8.38. The van der Waals surface area contributed by atoms with Gasteiger partial charge < -0.3 is 10.3 Å². The first-order valence-corrected chi connectivity index (χ1v) is 8.76. The molecule has 0 radical (unpaired) electrons. The molecular formula is C20H17ClFN3O3. The number of aromatic nitrogens is 2. The number of hydrogen-bond donors (Lipinski definition) is 2. The summed E-state index contributed by atoms with van der Waals surface area (Å²) in [5, 5.41) is 2.48. The van der Waals surface area contributed by atoms with Crippen molar-refractivity contribution in [1.29, 1.82) is 0 Å². The van der Waals surface area contributed by atoms with Crippen LogP contribution in [0, 0.1) is 26.6 Å². The number of halogens is 2. The van der Waals surface area contributed by atoms with Crippen LogP contribution >= 0.6 is 11.6 Å². The second-order valence-electron chi connectivity index (χ2n) is 6.47. The second-order valence-corrected chi connectivity index (χ2v) is 6.88. The fourth-order valence-corrected chi connectivity index (χ4v) is 3.23. The lowest BCUT2D eigenvalue weighted by Gasteiger charge is -2.13. The molecule has 6 nitrogen and oxygen atoms in total. The number of benzene rings is 2. The highest BCUT2D eigenvalue weighted by atomic mass is 35.5. The number of aromatic amines is 1. The molecule has 1 amide bonds. The van der Waals surface area contributed by atoms with Gasteiger partial charge in [-0.2, -0.15) is 0 Å². The number of carbonyl (C=O) groups is 1. The quantitative estimate of drug-likeness (QED) is 0.704. The van der Waals surface area contributed by atoms with E-state index in [1.807, 2.05) is 32.9 Å². The second kappa shape index (κ2) is 7.44. The molecule has 0 saturated carbocycles. The largest absolute Gasteiger partial charge is 0.333 e. The van der Waals surface area contributed by atoms with Gasteiger partial charge in [0.1, 0.15) is 11.4 Å². The van der Waals surface area contributed by atoms with Gasteiger partial charge in [0.15, 0.2) is 0 Å². The lowest BCUT2D eigenvalue weighted by atomic mass is 10.0. The lowest BCUT2D eigenvalue weighted by Crippen LogP contribution is -2.38. The third-order valence-electron chi connectivity index (χ3n) is 4.30.